The molecule has 0 atom stereocenters. The number of thiophene rings is 4. The van der Waals surface area contributed by atoms with Gasteiger partial charge in [0.2, 0.25) is 0 Å². The second-order valence-electron chi connectivity index (χ2n) is 30.0. The molecular weight excluding hydrogens is 2040 g/mol. The van der Waals surface area contributed by atoms with Gasteiger partial charge in [0.15, 0.2) is 0 Å². The Hall–Kier alpha value is -10.4. The average Bonchev–Trinajstić information content (AvgIpc) is 1.53. The molecule has 570 valence electrons. The van der Waals surface area contributed by atoms with Crippen molar-refractivity contribution in [2.75, 3.05) is 4.90 Å². The van der Waals surface area contributed by atoms with Crippen LogP contribution < -0.4 is 4.90 Å². The summed E-state index contributed by atoms with van der Waals surface area (Å²) in [5, 5.41) is 4.53. The molecule has 0 unspecified atom stereocenters. The Bertz CT molecular complexity index is 6170. The first-order chi connectivity index (χ1) is 55.2. The molecule has 116 heavy (non-hydrogen) atoms. The van der Waals surface area contributed by atoms with Crippen LogP contribution in [0.5, 0.6) is 0 Å². The van der Waals surface area contributed by atoms with E-state index in [-0.39, 0.29) is 74.0 Å². The molecular formula is C102H73N7Pt3S4. The molecule has 0 saturated heterocycles. The standard InChI is InChI=1S/C39H22N2S2.C36H35N3.C27H16N2S2.3Pt/c1-7-19-33-25(11-1)23-35(42-33)31-17-9-21-37(40-31)39(29-15-5-3-13-27(29)28-14-4-6-16-30(28)39)38-22-10-18-32(41-38)36-24-26-12-2-8-20-34(26)43-36;1-35(2,3)28-23-29(36(4,5)6)25-30(24-28)39(33-21-13-19-31(37-33)26-15-9-7-10-16-26)34-22-14-20-32(38-34)27-17-11-8-12-18-27;1-3-13-24-18(7-1)15-26(30-24)22-11-5-9-20(28-22)17-21-10-6-12-23(29-21)27-16-19-8-2-4-14-25(19)31-27;;;/h1-22H;7-15,17,19-25H,1-6H3;1-14H,17H2;;;/q3*-2;3*+2. The molecule has 0 amide bonds. The van der Waals surface area contributed by atoms with E-state index in [4.69, 9.17) is 29.9 Å². The van der Waals surface area contributed by atoms with Crippen LogP contribution in [0.15, 0.2) is 322 Å². The van der Waals surface area contributed by atoms with Crippen molar-refractivity contribution in [3.05, 3.63) is 403 Å². The average molecular weight is 2110 g/mol. The third-order valence-corrected chi connectivity index (χ3v) is 24.7. The molecule has 0 N–H and O–H groups in total. The molecule has 10 heterocycles. The summed E-state index contributed by atoms with van der Waals surface area (Å²) in [5.41, 5.74) is 19.1. The van der Waals surface area contributed by atoms with E-state index in [9.17, 15) is 0 Å². The van der Waals surface area contributed by atoms with Gasteiger partial charge >= 0.3 is 63.2 Å². The van der Waals surface area contributed by atoms with E-state index in [2.05, 4.69) is 332 Å². The summed E-state index contributed by atoms with van der Waals surface area (Å²) in [6.45, 7) is 13.6. The molecule has 0 fully saturated rings. The number of benzene rings is 9. The van der Waals surface area contributed by atoms with Crippen molar-refractivity contribution in [1.82, 2.24) is 29.9 Å². The molecule has 1 aliphatic rings. The minimum absolute atomic E-state index is 0. The zero-order valence-electron chi connectivity index (χ0n) is 64.0. The van der Waals surface area contributed by atoms with Crippen molar-refractivity contribution < 1.29 is 63.2 Å². The van der Waals surface area contributed by atoms with E-state index in [1.54, 1.807) is 45.3 Å². The third-order valence-electron chi connectivity index (χ3n) is 20.3. The molecule has 10 aromatic heterocycles. The molecule has 1 aliphatic carbocycles. The predicted octanol–water partition coefficient (Wildman–Crippen LogP) is 27.1. The van der Waals surface area contributed by atoms with Gasteiger partial charge in [0.25, 0.3) is 0 Å². The summed E-state index contributed by atoms with van der Waals surface area (Å²) >= 11 is 6.93. The van der Waals surface area contributed by atoms with Gasteiger partial charge in [-0.15, -0.1) is 166 Å². The maximum atomic E-state index is 5.44. The van der Waals surface area contributed by atoms with E-state index in [1.165, 1.54) is 52.2 Å². The number of aromatic nitrogens is 6. The van der Waals surface area contributed by atoms with Gasteiger partial charge in [0.05, 0.1) is 11.4 Å². The van der Waals surface area contributed by atoms with Crippen molar-refractivity contribution in [1.29, 1.82) is 0 Å². The largest absolute Gasteiger partial charge is 2.00 e. The molecule has 14 heteroatoms. The van der Waals surface area contributed by atoms with Gasteiger partial charge in [0, 0.05) is 46.3 Å². The fourth-order valence-electron chi connectivity index (χ4n) is 14.7. The van der Waals surface area contributed by atoms with E-state index in [1.807, 2.05) is 72.8 Å². The fraction of sp³-hybridized carbons (Fsp3) is 0.0980. The molecule has 7 nitrogen and oxygen atoms in total. The Kier molecular flexibility index (Phi) is 24.2. The van der Waals surface area contributed by atoms with Gasteiger partial charge < -0.3 is 0 Å². The van der Waals surface area contributed by atoms with Gasteiger partial charge in [-0.05, 0) is 142 Å². The Balaban J connectivity index is 0.000000137. The van der Waals surface area contributed by atoms with Crippen LogP contribution in [0.25, 0.3) is 116 Å². The number of hydrogen-bond acceptors (Lipinski definition) is 11. The maximum absolute atomic E-state index is 5.44. The summed E-state index contributed by atoms with van der Waals surface area (Å²) < 4.78 is 4.90. The van der Waals surface area contributed by atoms with E-state index >= 15 is 0 Å². The van der Waals surface area contributed by atoms with Crippen molar-refractivity contribution in [2.45, 2.75) is 64.2 Å². The number of hydrogen-bond donors (Lipinski definition) is 0. The Labute approximate surface area is 736 Å². The van der Waals surface area contributed by atoms with Crippen LogP contribution in [0.3, 0.4) is 0 Å². The zero-order valence-corrected chi connectivity index (χ0v) is 74.1. The molecule has 9 aromatic carbocycles. The number of pyridine rings is 6. The second kappa shape index (κ2) is 34.8. The van der Waals surface area contributed by atoms with Crippen LogP contribution in [0.1, 0.15) is 86.6 Å². The van der Waals surface area contributed by atoms with Crippen LogP contribution in [-0.4, -0.2) is 29.9 Å². The normalized spacial score (nSPS) is 11.9. The Morgan fingerprint density at radius 3 is 1.00 bits per heavy atom. The number of anilines is 3. The van der Waals surface area contributed by atoms with Crippen LogP contribution >= 0.6 is 45.3 Å². The summed E-state index contributed by atoms with van der Waals surface area (Å²) in [4.78, 5) is 37.3. The monoisotopic (exact) mass is 2110 g/mol. The summed E-state index contributed by atoms with van der Waals surface area (Å²) in [7, 11) is 0. The van der Waals surface area contributed by atoms with Crippen molar-refractivity contribution in [3.8, 4) is 75.9 Å². The molecule has 0 radical (unpaired) electrons. The van der Waals surface area contributed by atoms with Crippen molar-refractivity contribution >= 4 is 103 Å². The number of fused-ring (bicyclic) bond motifs is 7. The smallest absolute Gasteiger partial charge is 0.299 e. The van der Waals surface area contributed by atoms with E-state index in [0.29, 0.717) is 6.42 Å². The van der Waals surface area contributed by atoms with Crippen LogP contribution in [-0.2, 0) is 85.9 Å². The first-order valence-electron chi connectivity index (χ1n) is 37.8. The first-order valence-corrected chi connectivity index (χ1v) is 41.0. The zero-order chi connectivity index (χ0) is 76.6. The second-order valence-corrected chi connectivity index (χ2v) is 34.2. The van der Waals surface area contributed by atoms with Gasteiger partial charge in [-0.25, -0.2) is 45.3 Å². The summed E-state index contributed by atoms with van der Waals surface area (Å²) in [5.74, 6) is 1.61. The summed E-state index contributed by atoms with van der Waals surface area (Å²) in [6.07, 6.45) is 0.692. The topological polar surface area (TPSA) is 80.6 Å². The SMILES string of the molecule is CC(C)(C)c1cc(N(c2cccc(-c3[c-]cccc3)n2)c2cccc(-c3[c-]cccc3)n2)cc(C(C)(C)C)c1.[Pt+2].[Pt+2].[Pt+2].[c-]1c(-c2cccc(C3(c4cccc(-c5[c-]c6ccccc6s5)n4)c4ccccc4-c4ccccc43)n2)sc2ccccc12.[c-]1c(-c2cccc(Cc3cccc(-c4[c-]c5ccccc5s4)n3)n2)sc2ccccc12. The molecule has 0 bridgehead atoms. The van der Waals surface area contributed by atoms with Gasteiger partial charge in [-0.2, -0.15) is 0 Å². The Morgan fingerprint density at radius 1 is 0.310 bits per heavy atom. The molecule has 0 saturated carbocycles. The van der Waals surface area contributed by atoms with Gasteiger partial charge in [0.1, 0.15) is 17.1 Å². The maximum Gasteiger partial charge on any atom is 2.00 e. The predicted molar refractivity (Wildman–Crippen MR) is 472 cm³/mol. The molecule has 20 rings (SSSR count). The Morgan fingerprint density at radius 2 is 0.638 bits per heavy atom. The summed E-state index contributed by atoms with van der Waals surface area (Å²) in [6, 6.07) is 132. The minimum atomic E-state index is -0.688. The van der Waals surface area contributed by atoms with Crippen LogP contribution in [0.4, 0.5) is 17.3 Å². The van der Waals surface area contributed by atoms with Gasteiger partial charge in [-0.3, -0.25) is 34.8 Å². The quantitative estimate of drug-likeness (QED) is 0.106. The minimum Gasteiger partial charge on any atom is -0.299 e. The van der Waals surface area contributed by atoms with Gasteiger partial charge in [-0.1, -0.05) is 217 Å². The third kappa shape index (κ3) is 16.7. The fourth-order valence-corrected chi connectivity index (χ4v) is 18.6. The van der Waals surface area contributed by atoms with E-state index < -0.39 is 5.41 Å². The molecule has 0 spiro atoms. The molecule has 0 aliphatic heterocycles. The van der Waals surface area contributed by atoms with Crippen molar-refractivity contribution in [2.24, 2.45) is 0 Å². The number of rotatable bonds is 13. The number of nitrogens with zero attached hydrogens (tertiary/aromatic N) is 7. The van der Waals surface area contributed by atoms with Crippen LogP contribution in [0, 0.1) is 36.4 Å². The van der Waals surface area contributed by atoms with Crippen molar-refractivity contribution in [3.63, 3.8) is 0 Å². The molecule has 19 aromatic rings. The first kappa shape index (κ1) is 80.8. The van der Waals surface area contributed by atoms with E-state index in [0.717, 1.165) is 126 Å². The van der Waals surface area contributed by atoms with Crippen LogP contribution in [0.2, 0.25) is 0 Å².